The van der Waals surface area contributed by atoms with Crippen LogP contribution in [0.5, 0.6) is 11.5 Å². The van der Waals surface area contributed by atoms with Gasteiger partial charge in [0.15, 0.2) is 0 Å². The molecule has 0 saturated heterocycles. The molecule has 0 radical (unpaired) electrons. The van der Waals surface area contributed by atoms with E-state index in [1.54, 1.807) is 18.3 Å². The Kier molecular flexibility index (Phi) is 2.97. The molecule has 0 aliphatic heterocycles. The van der Waals surface area contributed by atoms with Gasteiger partial charge in [0.2, 0.25) is 0 Å². The molecule has 19 heavy (non-hydrogen) atoms. The monoisotopic (exact) mass is 270 g/mol. The molecule has 3 rings (SSSR count). The maximum absolute atomic E-state index is 5.96. The standard InChI is InChI=1S/C15H11ClN2O/c16-10-5-6-11-13(9-10)18-8-7-14(11)19-15-4-2-1-3-12(15)17/h1-9H,17H2. The number of halogens is 1. The van der Waals surface area contributed by atoms with Crippen LogP contribution in [0.15, 0.2) is 54.7 Å². The Hall–Kier alpha value is -2.26. The lowest BCUT2D eigenvalue weighted by atomic mass is 10.2. The van der Waals surface area contributed by atoms with Gasteiger partial charge in [0.05, 0.1) is 11.2 Å². The molecule has 0 aliphatic rings. The molecule has 0 saturated carbocycles. The van der Waals surface area contributed by atoms with Crippen LogP contribution >= 0.6 is 11.6 Å². The van der Waals surface area contributed by atoms with Crippen LogP contribution in [0.1, 0.15) is 0 Å². The molecule has 0 spiro atoms. The van der Waals surface area contributed by atoms with Crippen LogP contribution in [0.2, 0.25) is 5.02 Å². The number of nitrogens with zero attached hydrogens (tertiary/aromatic N) is 1. The van der Waals surface area contributed by atoms with Crippen molar-refractivity contribution in [2.75, 3.05) is 5.73 Å². The molecule has 0 amide bonds. The van der Waals surface area contributed by atoms with E-state index < -0.39 is 0 Å². The van der Waals surface area contributed by atoms with Gasteiger partial charge in [0, 0.05) is 16.6 Å². The summed E-state index contributed by atoms with van der Waals surface area (Å²) >= 11 is 5.96. The summed E-state index contributed by atoms with van der Waals surface area (Å²) in [5, 5.41) is 1.55. The van der Waals surface area contributed by atoms with Crippen LogP contribution in [0, 0.1) is 0 Å². The van der Waals surface area contributed by atoms with Crippen molar-refractivity contribution in [2.45, 2.75) is 0 Å². The van der Waals surface area contributed by atoms with Crippen LogP contribution in [-0.2, 0) is 0 Å². The number of ether oxygens (including phenoxy) is 1. The van der Waals surface area contributed by atoms with Crippen LogP contribution < -0.4 is 10.5 Å². The minimum Gasteiger partial charge on any atom is -0.454 e. The van der Waals surface area contributed by atoms with Gasteiger partial charge in [-0.1, -0.05) is 23.7 Å². The number of hydrogen-bond acceptors (Lipinski definition) is 3. The molecule has 0 fully saturated rings. The van der Waals surface area contributed by atoms with Crippen LogP contribution in [0.3, 0.4) is 0 Å². The van der Waals surface area contributed by atoms with Gasteiger partial charge >= 0.3 is 0 Å². The normalized spacial score (nSPS) is 10.6. The zero-order chi connectivity index (χ0) is 13.2. The fourth-order valence-corrected chi connectivity index (χ4v) is 2.04. The van der Waals surface area contributed by atoms with Gasteiger partial charge in [-0.15, -0.1) is 0 Å². The van der Waals surface area contributed by atoms with Gasteiger partial charge in [-0.2, -0.15) is 0 Å². The third kappa shape index (κ3) is 2.33. The highest BCUT2D eigenvalue weighted by Gasteiger charge is 2.06. The average Bonchev–Trinajstić information content (AvgIpc) is 2.41. The van der Waals surface area contributed by atoms with E-state index in [9.17, 15) is 0 Å². The first-order valence-corrected chi connectivity index (χ1v) is 6.18. The summed E-state index contributed by atoms with van der Waals surface area (Å²) in [6, 6.07) is 14.7. The summed E-state index contributed by atoms with van der Waals surface area (Å²) in [5.74, 6) is 1.34. The van der Waals surface area contributed by atoms with Crippen molar-refractivity contribution < 1.29 is 4.74 Å². The van der Waals surface area contributed by atoms with Crippen LogP contribution in [0.4, 0.5) is 5.69 Å². The largest absolute Gasteiger partial charge is 0.454 e. The molecule has 94 valence electrons. The highest BCUT2D eigenvalue weighted by atomic mass is 35.5. The molecule has 0 unspecified atom stereocenters. The Balaban J connectivity index is 2.09. The van der Waals surface area contributed by atoms with Crippen molar-refractivity contribution in [3.05, 3.63) is 59.8 Å². The Bertz CT molecular complexity index is 743. The number of pyridine rings is 1. The Morgan fingerprint density at radius 2 is 1.84 bits per heavy atom. The highest BCUT2D eigenvalue weighted by molar-refractivity contribution is 6.31. The number of para-hydroxylation sites is 2. The quantitative estimate of drug-likeness (QED) is 0.708. The average molecular weight is 271 g/mol. The summed E-state index contributed by atoms with van der Waals surface area (Å²) < 4.78 is 5.85. The first-order chi connectivity index (χ1) is 9.24. The van der Waals surface area contributed by atoms with Crippen LogP contribution in [-0.4, -0.2) is 4.98 Å². The number of nitrogen functional groups attached to an aromatic ring is 1. The zero-order valence-electron chi connectivity index (χ0n) is 10.0. The zero-order valence-corrected chi connectivity index (χ0v) is 10.8. The maximum Gasteiger partial charge on any atom is 0.150 e. The van der Waals surface area contributed by atoms with E-state index in [1.165, 1.54) is 0 Å². The molecular weight excluding hydrogens is 260 g/mol. The first kappa shape index (κ1) is 11.8. The SMILES string of the molecule is Nc1ccccc1Oc1ccnc2cc(Cl)ccc12. The van der Waals surface area contributed by atoms with E-state index in [0.717, 1.165) is 10.9 Å². The number of rotatable bonds is 2. The molecule has 2 N–H and O–H groups in total. The lowest BCUT2D eigenvalue weighted by molar-refractivity contribution is 0.490. The Morgan fingerprint density at radius 1 is 1.00 bits per heavy atom. The van der Waals surface area contributed by atoms with Crippen molar-refractivity contribution in [3.63, 3.8) is 0 Å². The van der Waals surface area contributed by atoms with Gasteiger partial charge in [-0.05, 0) is 36.4 Å². The van der Waals surface area contributed by atoms with Gasteiger partial charge in [-0.3, -0.25) is 4.98 Å². The van der Waals surface area contributed by atoms with E-state index in [4.69, 9.17) is 22.1 Å². The number of anilines is 1. The van der Waals surface area contributed by atoms with E-state index >= 15 is 0 Å². The summed E-state index contributed by atoms with van der Waals surface area (Å²) in [4.78, 5) is 4.27. The minimum absolute atomic E-state index is 0.599. The molecule has 1 heterocycles. The van der Waals surface area contributed by atoms with Gasteiger partial charge in [-0.25, -0.2) is 0 Å². The topological polar surface area (TPSA) is 48.1 Å². The predicted octanol–water partition coefficient (Wildman–Crippen LogP) is 4.26. The van der Waals surface area contributed by atoms with Crippen molar-refractivity contribution in [1.82, 2.24) is 4.98 Å². The fourth-order valence-electron chi connectivity index (χ4n) is 1.88. The van der Waals surface area contributed by atoms with Crippen LogP contribution in [0.25, 0.3) is 10.9 Å². The molecule has 4 heteroatoms. The number of aromatic nitrogens is 1. The smallest absolute Gasteiger partial charge is 0.150 e. The molecule has 1 aromatic heterocycles. The van der Waals surface area contributed by atoms with Crippen molar-refractivity contribution in [2.24, 2.45) is 0 Å². The highest BCUT2D eigenvalue weighted by Crippen LogP contribution is 2.32. The number of fused-ring (bicyclic) bond motifs is 1. The van der Waals surface area contributed by atoms with E-state index in [0.29, 0.717) is 22.2 Å². The third-order valence-electron chi connectivity index (χ3n) is 2.80. The third-order valence-corrected chi connectivity index (χ3v) is 3.04. The summed E-state index contributed by atoms with van der Waals surface area (Å²) in [6.07, 6.45) is 1.69. The summed E-state index contributed by atoms with van der Waals surface area (Å²) in [5.41, 5.74) is 7.26. The van der Waals surface area contributed by atoms with Gasteiger partial charge in [0.1, 0.15) is 11.5 Å². The molecule has 0 bridgehead atoms. The van der Waals surface area contributed by atoms with Gasteiger partial charge in [0.25, 0.3) is 0 Å². The van der Waals surface area contributed by atoms with E-state index in [-0.39, 0.29) is 0 Å². The van der Waals surface area contributed by atoms with Crippen molar-refractivity contribution in [1.29, 1.82) is 0 Å². The second-order valence-electron chi connectivity index (χ2n) is 4.11. The first-order valence-electron chi connectivity index (χ1n) is 5.81. The second kappa shape index (κ2) is 4.78. The molecular formula is C15H11ClN2O. The molecule has 2 aromatic carbocycles. The van der Waals surface area contributed by atoms with E-state index in [2.05, 4.69) is 4.98 Å². The Labute approximate surface area is 115 Å². The molecule has 3 nitrogen and oxygen atoms in total. The summed E-state index contributed by atoms with van der Waals surface area (Å²) in [6.45, 7) is 0. The molecule has 0 atom stereocenters. The Morgan fingerprint density at radius 3 is 2.68 bits per heavy atom. The molecule has 0 aliphatic carbocycles. The van der Waals surface area contributed by atoms with E-state index in [1.807, 2.05) is 36.4 Å². The lowest BCUT2D eigenvalue weighted by Crippen LogP contribution is -1.92. The minimum atomic E-state index is 0.599. The summed E-state index contributed by atoms with van der Waals surface area (Å²) in [7, 11) is 0. The van der Waals surface area contributed by atoms with Crippen molar-refractivity contribution in [3.8, 4) is 11.5 Å². The molecule has 3 aromatic rings. The lowest BCUT2D eigenvalue weighted by Gasteiger charge is -2.10. The van der Waals surface area contributed by atoms with Gasteiger partial charge < -0.3 is 10.5 Å². The predicted molar refractivity (Wildman–Crippen MR) is 77.7 cm³/mol. The number of benzene rings is 2. The second-order valence-corrected chi connectivity index (χ2v) is 4.55. The maximum atomic E-state index is 5.96. The number of hydrogen-bond donors (Lipinski definition) is 1. The fraction of sp³-hybridized carbons (Fsp3) is 0. The van der Waals surface area contributed by atoms with Crippen molar-refractivity contribution >= 4 is 28.2 Å². The number of nitrogens with two attached hydrogens (primary N) is 1.